The highest BCUT2D eigenvalue weighted by atomic mass is 35.5. The lowest BCUT2D eigenvalue weighted by Crippen LogP contribution is -2.22. The van der Waals surface area contributed by atoms with Crippen LogP contribution in [0.5, 0.6) is 5.75 Å². The van der Waals surface area contributed by atoms with Gasteiger partial charge in [-0.25, -0.2) is 0 Å². The number of nitrogens with zero attached hydrogens (tertiary/aromatic N) is 3. The number of pyridine rings is 1. The van der Waals surface area contributed by atoms with E-state index in [1.165, 1.54) is 11.1 Å². The Bertz CT molecular complexity index is 1550. The molecule has 5 nitrogen and oxygen atoms in total. The molecule has 1 N–H and O–H groups in total. The minimum absolute atomic E-state index is 0.341. The summed E-state index contributed by atoms with van der Waals surface area (Å²) < 4.78 is 6.18. The third-order valence-corrected chi connectivity index (χ3v) is 7.29. The number of ether oxygens (including phenoxy) is 1. The molecule has 0 aliphatic carbocycles. The van der Waals surface area contributed by atoms with Crippen LogP contribution in [0, 0.1) is 0 Å². The largest absolute Gasteiger partial charge is 0.486 e. The van der Waals surface area contributed by atoms with Crippen molar-refractivity contribution < 1.29 is 4.74 Å². The van der Waals surface area contributed by atoms with Crippen molar-refractivity contribution in [3.63, 3.8) is 0 Å². The van der Waals surface area contributed by atoms with Crippen molar-refractivity contribution in [3.8, 4) is 5.75 Å². The molecular formula is C34H36Cl2N4O. The van der Waals surface area contributed by atoms with E-state index in [9.17, 15) is 0 Å². The minimum atomic E-state index is -0.341. The third-order valence-electron chi connectivity index (χ3n) is 6.69. The smallest absolute Gasteiger partial charge is 0.124 e. The quantitative estimate of drug-likeness (QED) is 0.177. The van der Waals surface area contributed by atoms with Gasteiger partial charge in [0.1, 0.15) is 11.9 Å². The van der Waals surface area contributed by atoms with Crippen LogP contribution < -0.4 is 4.74 Å². The van der Waals surface area contributed by atoms with Crippen LogP contribution in [0.15, 0.2) is 85.2 Å². The van der Waals surface area contributed by atoms with Crippen molar-refractivity contribution in [2.45, 2.75) is 46.9 Å². The van der Waals surface area contributed by atoms with Crippen molar-refractivity contribution >= 4 is 46.3 Å². The number of hydrogen-bond acceptors (Lipinski definition) is 4. The fourth-order valence-corrected chi connectivity index (χ4v) is 5.25. The summed E-state index contributed by atoms with van der Waals surface area (Å²) in [6.45, 7) is 11.0. The highest BCUT2D eigenvalue weighted by Crippen LogP contribution is 2.33. The Morgan fingerprint density at radius 3 is 2.20 bits per heavy atom. The number of rotatable bonds is 10. The van der Waals surface area contributed by atoms with E-state index in [2.05, 4.69) is 87.7 Å². The summed E-state index contributed by atoms with van der Waals surface area (Å²) in [7, 11) is 0. The molecule has 1 unspecified atom stereocenters. The van der Waals surface area contributed by atoms with E-state index in [0.29, 0.717) is 21.4 Å². The molecule has 2 heterocycles. The summed E-state index contributed by atoms with van der Waals surface area (Å²) >= 11 is 12.6. The number of halogens is 2. The minimum Gasteiger partial charge on any atom is -0.486 e. The van der Waals surface area contributed by atoms with Gasteiger partial charge in [0.05, 0.1) is 21.3 Å². The summed E-state index contributed by atoms with van der Waals surface area (Å²) in [6.07, 6.45) is 6.90. The van der Waals surface area contributed by atoms with Crippen LogP contribution in [0.25, 0.3) is 23.1 Å². The first-order valence-corrected chi connectivity index (χ1v) is 14.7. The van der Waals surface area contributed by atoms with Crippen LogP contribution in [0.1, 0.15) is 61.7 Å². The van der Waals surface area contributed by atoms with Gasteiger partial charge >= 0.3 is 0 Å². The number of hydrogen-bond donors (Lipinski definition) is 1. The molecule has 0 amide bonds. The standard InChI is InChI=1S/C32H30Cl2N4O.C2H6/c1-3-38(20-24-7-5-4-6-8-24)21-25-11-9-23(10-12-25)13-15-30-27-17-26(14-16-31(27)37-36-30)39-22(2)32-28(33)18-35-19-29(32)34;1-2/h4-19,22H,3,20-21H2,1-2H3,(H,36,37);1-2H3/b15-13+;. The summed E-state index contributed by atoms with van der Waals surface area (Å²) in [5, 5.41) is 9.53. The van der Waals surface area contributed by atoms with Crippen molar-refractivity contribution in [2.24, 2.45) is 0 Å². The fraction of sp³-hybridized carbons (Fsp3) is 0.235. The van der Waals surface area contributed by atoms with Gasteiger partial charge in [0.2, 0.25) is 0 Å². The van der Waals surface area contributed by atoms with E-state index < -0.39 is 0 Å². The molecule has 212 valence electrons. The molecule has 0 spiro atoms. The molecule has 1 atom stereocenters. The second kappa shape index (κ2) is 14.8. The molecule has 0 aliphatic rings. The molecule has 41 heavy (non-hydrogen) atoms. The maximum Gasteiger partial charge on any atom is 0.124 e. The lowest BCUT2D eigenvalue weighted by Gasteiger charge is -2.20. The predicted octanol–water partition coefficient (Wildman–Crippen LogP) is 9.62. The first-order chi connectivity index (χ1) is 20.0. The molecule has 7 heteroatoms. The topological polar surface area (TPSA) is 54.0 Å². The zero-order chi connectivity index (χ0) is 29.2. The van der Waals surface area contributed by atoms with E-state index in [4.69, 9.17) is 27.9 Å². The van der Waals surface area contributed by atoms with Crippen molar-refractivity contribution in [3.05, 3.63) is 123 Å². The number of benzene rings is 3. The lowest BCUT2D eigenvalue weighted by atomic mass is 10.1. The van der Waals surface area contributed by atoms with Gasteiger partial charge in [-0.15, -0.1) is 0 Å². The Kier molecular flexibility index (Phi) is 11.0. The Balaban J connectivity index is 0.00000189. The maximum absolute atomic E-state index is 6.31. The zero-order valence-electron chi connectivity index (χ0n) is 23.9. The van der Waals surface area contributed by atoms with Crippen molar-refractivity contribution in [1.29, 1.82) is 0 Å². The van der Waals surface area contributed by atoms with E-state index in [-0.39, 0.29) is 6.10 Å². The molecular weight excluding hydrogens is 551 g/mol. The Labute approximate surface area is 252 Å². The van der Waals surface area contributed by atoms with Crippen LogP contribution in [-0.4, -0.2) is 26.6 Å². The van der Waals surface area contributed by atoms with E-state index in [1.807, 2.05) is 45.0 Å². The summed E-state index contributed by atoms with van der Waals surface area (Å²) in [5.74, 6) is 0.704. The van der Waals surface area contributed by atoms with E-state index >= 15 is 0 Å². The zero-order valence-corrected chi connectivity index (χ0v) is 25.5. The van der Waals surface area contributed by atoms with Crippen LogP contribution in [0.4, 0.5) is 0 Å². The molecule has 0 fully saturated rings. The molecule has 0 aliphatic heterocycles. The number of aromatic nitrogens is 3. The van der Waals surface area contributed by atoms with Gasteiger partial charge in [0.15, 0.2) is 0 Å². The molecule has 2 aromatic heterocycles. The normalized spacial score (nSPS) is 12.0. The van der Waals surface area contributed by atoms with Crippen LogP contribution in [0.3, 0.4) is 0 Å². The second-order valence-electron chi connectivity index (χ2n) is 9.46. The van der Waals surface area contributed by atoms with Crippen LogP contribution >= 0.6 is 23.2 Å². The van der Waals surface area contributed by atoms with Crippen molar-refractivity contribution in [1.82, 2.24) is 20.1 Å². The van der Waals surface area contributed by atoms with Gasteiger partial charge in [-0.1, -0.05) is 105 Å². The first kappa shape index (κ1) is 30.3. The van der Waals surface area contributed by atoms with Crippen LogP contribution in [-0.2, 0) is 13.1 Å². The average molecular weight is 588 g/mol. The second-order valence-corrected chi connectivity index (χ2v) is 10.3. The Morgan fingerprint density at radius 1 is 0.878 bits per heavy atom. The molecule has 0 radical (unpaired) electrons. The number of nitrogens with one attached hydrogen (secondary N) is 1. The van der Waals surface area contributed by atoms with Gasteiger partial charge < -0.3 is 4.74 Å². The van der Waals surface area contributed by atoms with Gasteiger partial charge in [-0.05, 0) is 54.4 Å². The number of H-pyrrole nitrogens is 1. The van der Waals surface area contributed by atoms with Crippen molar-refractivity contribution in [2.75, 3.05) is 6.54 Å². The first-order valence-electron chi connectivity index (χ1n) is 14.0. The summed E-state index contributed by atoms with van der Waals surface area (Å²) in [5.41, 5.74) is 6.23. The molecule has 0 saturated carbocycles. The average Bonchev–Trinajstić information content (AvgIpc) is 3.40. The van der Waals surface area contributed by atoms with Gasteiger partial charge in [0, 0.05) is 36.4 Å². The van der Waals surface area contributed by atoms with Gasteiger partial charge in [-0.2, -0.15) is 5.10 Å². The van der Waals surface area contributed by atoms with E-state index in [0.717, 1.165) is 41.8 Å². The Hall–Kier alpha value is -3.64. The molecule has 3 aromatic carbocycles. The lowest BCUT2D eigenvalue weighted by molar-refractivity contribution is 0.227. The number of fused-ring (bicyclic) bond motifs is 1. The fourth-order valence-electron chi connectivity index (χ4n) is 4.58. The van der Waals surface area contributed by atoms with Gasteiger partial charge in [0.25, 0.3) is 0 Å². The number of aromatic amines is 1. The monoisotopic (exact) mass is 586 g/mol. The maximum atomic E-state index is 6.31. The third kappa shape index (κ3) is 7.98. The highest BCUT2D eigenvalue weighted by molar-refractivity contribution is 6.35. The summed E-state index contributed by atoms with van der Waals surface area (Å²) in [6, 6.07) is 25.1. The summed E-state index contributed by atoms with van der Waals surface area (Å²) in [4.78, 5) is 6.46. The Morgan fingerprint density at radius 2 is 1.54 bits per heavy atom. The SMILES string of the molecule is CC.CCN(Cc1ccccc1)Cc1ccc(/C=C/c2n[nH]c3ccc(OC(C)c4c(Cl)cncc4Cl)cc23)cc1. The molecule has 5 aromatic rings. The van der Waals surface area contributed by atoms with Gasteiger partial charge in [-0.3, -0.25) is 15.0 Å². The van der Waals surface area contributed by atoms with Crippen LogP contribution in [0.2, 0.25) is 10.0 Å². The molecule has 0 bridgehead atoms. The highest BCUT2D eigenvalue weighted by Gasteiger charge is 2.16. The molecule has 5 rings (SSSR count). The predicted molar refractivity (Wildman–Crippen MR) is 172 cm³/mol. The molecule has 0 saturated heterocycles. The van der Waals surface area contributed by atoms with E-state index in [1.54, 1.807) is 12.4 Å².